The zero-order valence-electron chi connectivity index (χ0n) is 13.1. The summed E-state index contributed by atoms with van der Waals surface area (Å²) in [5, 5.41) is 9.51. The normalized spacial score (nSPS) is 20.4. The molecule has 1 saturated heterocycles. The standard InChI is InChI=1S/C18H17FN2O3/c1-11-7-13(4-5-15(11)19)17-14(18(23)24)8-16(22)21(17)10-12-3-2-6-20-9-12/h2-7,9,14,17H,8,10H2,1H3,(H,23,24)/t14-,17-/m1/s1. The molecule has 0 bridgehead atoms. The number of benzene rings is 1. The molecule has 2 aromatic rings. The number of likely N-dealkylation sites (tertiary alicyclic amines) is 1. The first-order chi connectivity index (χ1) is 11.5. The van der Waals surface area contributed by atoms with Gasteiger partial charge in [-0.2, -0.15) is 0 Å². The lowest BCUT2D eigenvalue weighted by Gasteiger charge is -2.27. The summed E-state index contributed by atoms with van der Waals surface area (Å²) in [5.41, 5.74) is 1.88. The van der Waals surface area contributed by atoms with Gasteiger partial charge in [0.2, 0.25) is 5.91 Å². The van der Waals surface area contributed by atoms with Crippen LogP contribution in [0.1, 0.15) is 29.2 Å². The van der Waals surface area contributed by atoms with Gasteiger partial charge in [-0.25, -0.2) is 4.39 Å². The SMILES string of the molecule is Cc1cc([C@@H]2[C@H](C(=O)O)CC(=O)N2Cc2cccnc2)ccc1F. The lowest BCUT2D eigenvalue weighted by atomic mass is 9.92. The molecule has 0 unspecified atom stereocenters. The molecule has 2 atom stereocenters. The Bertz CT molecular complexity index is 779. The van der Waals surface area contributed by atoms with Gasteiger partial charge in [0.05, 0.1) is 12.0 Å². The van der Waals surface area contributed by atoms with E-state index < -0.39 is 17.9 Å². The van der Waals surface area contributed by atoms with E-state index >= 15 is 0 Å². The Kier molecular flexibility index (Phi) is 4.29. The van der Waals surface area contributed by atoms with E-state index in [1.54, 1.807) is 42.4 Å². The van der Waals surface area contributed by atoms with E-state index in [0.717, 1.165) is 5.56 Å². The van der Waals surface area contributed by atoms with Gasteiger partial charge in [-0.05, 0) is 35.7 Å². The maximum atomic E-state index is 13.6. The number of hydrogen-bond acceptors (Lipinski definition) is 3. The minimum Gasteiger partial charge on any atom is -0.481 e. The number of nitrogens with zero attached hydrogens (tertiary/aromatic N) is 2. The van der Waals surface area contributed by atoms with Crippen LogP contribution in [-0.2, 0) is 16.1 Å². The topological polar surface area (TPSA) is 70.5 Å². The van der Waals surface area contributed by atoms with Gasteiger partial charge in [-0.15, -0.1) is 0 Å². The summed E-state index contributed by atoms with van der Waals surface area (Å²) in [6, 6.07) is 7.47. The molecule has 1 amide bonds. The van der Waals surface area contributed by atoms with Gasteiger partial charge < -0.3 is 10.0 Å². The second-order valence-corrected chi connectivity index (χ2v) is 5.99. The summed E-state index contributed by atoms with van der Waals surface area (Å²) in [7, 11) is 0. The zero-order chi connectivity index (χ0) is 17.3. The van der Waals surface area contributed by atoms with Crippen molar-refractivity contribution in [3.8, 4) is 0 Å². The molecule has 5 nitrogen and oxygen atoms in total. The van der Waals surface area contributed by atoms with E-state index in [9.17, 15) is 19.1 Å². The van der Waals surface area contributed by atoms with E-state index in [4.69, 9.17) is 0 Å². The molecule has 1 aliphatic rings. The minimum atomic E-state index is -1.02. The van der Waals surface area contributed by atoms with E-state index in [2.05, 4.69) is 4.98 Å². The van der Waals surface area contributed by atoms with Crippen molar-refractivity contribution in [3.05, 3.63) is 65.2 Å². The number of amides is 1. The minimum absolute atomic E-state index is 0.0588. The molecule has 1 aromatic heterocycles. The molecule has 1 N–H and O–H groups in total. The van der Waals surface area contributed by atoms with Crippen LogP contribution in [0.4, 0.5) is 4.39 Å². The molecule has 1 aromatic carbocycles. The molecule has 0 aliphatic carbocycles. The van der Waals surface area contributed by atoms with Gasteiger partial charge in [0.1, 0.15) is 5.82 Å². The van der Waals surface area contributed by atoms with Crippen molar-refractivity contribution in [2.75, 3.05) is 0 Å². The Morgan fingerprint density at radius 3 is 2.83 bits per heavy atom. The van der Waals surface area contributed by atoms with Crippen molar-refractivity contribution in [2.45, 2.75) is 25.9 Å². The average molecular weight is 328 g/mol. The molecule has 0 saturated carbocycles. The highest BCUT2D eigenvalue weighted by molar-refractivity contribution is 5.87. The van der Waals surface area contributed by atoms with Crippen LogP contribution in [0.15, 0.2) is 42.7 Å². The van der Waals surface area contributed by atoms with Gasteiger partial charge in [-0.3, -0.25) is 14.6 Å². The summed E-state index contributed by atoms with van der Waals surface area (Å²) < 4.78 is 13.6. The highest BCUT2D eigenvalue weighted by atomic mass is 19.1. The lowest BCUT2D eigenvalue weighted by Crippen LogP contribution is -2.30. The molecule has 0 radical (unpaired) electrons. The van der Waals surface area contributed by atoms with Crippen LogP contribution in [0.2, 0.25) is 0 Å². The third kappa shape index (κ3) is 2.99. The fraction of sp³-hybridized carbons (Fsp3) is 0.278. The summed E-state index contributed by atoms with van der Waals surface area (Å²) in [6.07, 6.45) is 3.22. The van der Waals surface area contributed by atoms with Gasteiger partial charge >= 0.3 is 5.97 Å². The number of aryl methyl sites for hydroxylation is 1. The van der Waals surface area contributed by atoms with Crippen LogP contribution in [0.3, 0.4) is 0 Å². The third-order valence-corrected chi connectivity index (χ3v) is 4.35. The maximum absolute atomic E-state index is 13.6. The van der Waals surface area contributed by atoms with Crippen LogP contribution < -0.4 is 0 Å². The molecular weight excluding hydrogens is 311 g/mol. The van der Waals surface area contributed by atoms with Gasteiger partial charge in [0, 0.05) is 25.4 Å². The van der Waals surface area contributed by atoms with Crippen molar-refractivity contribution in [1.29, 1.82) is 0 Å². The zero-order valence-corrected chi connectivity index (χ0v) is 13.1. The molecule has 24 heavy (non-hydrogen) atoms. The number of carbonyl (C=O) groups excluding carboxylic acids is 1. The van der Waals surface area contributed by atoms with Gasteiger partial charge in [0.25, 0.3) is 0 Å². The Morgan fingerprint density at radius 2 is 2.21 bits per heavy atom. The molecule has 3 rings (SSSR count). The second-order valence-electron chi connectivity index (χ2n) is 5.99. The molecule has 0 spiro atoms. The summed E-state index contributed by atoms with van der Waals surface area (Å²) in [6.45, 7) is 1.90. The van der Waals surface area contributed by atoms with Crippen molar-refractivity contribution in [1.82, 2.24) is 9.88 Å². The molecule has 1 fully saturated rings. The highest BCUT2D eigenvalue weighted by Crippen LogP contribution is 2.39. The van der Waals surface area contributed by atoms with Crippen molar-refractivity contribution >= 4 is 11.9 Å². The fourth-order valence-corrected chi connectivity index (χ4v) is 3.15. The maximum Gasteiger partial charge on any atom is 0.309 e. The first-order valence-electron chi connectivity index (χ1n) is 7.64. The second kappa shape index (κ2) is 6.39. The monoisotopic (exact) mass is 328 g/mol. The quantitative estimate of drug-likeness (QED) is 0.937. The van der Waals surface area contributed by atoms with Crippen LogP contribution in [0, 0.1) is 18.7 Å². The Labute approximate surface area is 138 Å². The number of pyridine rings is 1. The van der Waals surface area contributed by atoms with Crippen molar-refractivity contribution in [3.63, 3.8) is 0 Å². The number of rotatable bonds is 4. The Balaban J connectivity index is 1.99. The number of hydrogen-bond donors (Lipinski definition) is 1. The van der Waals surface area contributed by atoms with Crippen LogP contribution >= 0.6 is 0 Å². The van der Waals surface area contributed by atoms with Gasteiger partial charge in [0.15, 0.2) is 0 Å². The van der Waals surface area contributed by atoms with E-state index in [1.165, 1.54) is 6.07 Å². The first kappa shape index (κ1) is 16.1. The highest BCUT2D eigenvalue weighted by Gasteiger charge is 2.44. The van der Waals surface area contributed by atoms with Crippen LogP contribution in [0.5, 0.6) is 0 Å². The van der Waals surface area contributed by atoms with Gasteiger partial charge in [-0.1, -0.05) is 18.2 Å². The van der Waals surface area contributed by atoms with E-state index in [-0.39, 0.29) is 24.7 Å². The first-order valence-corrected chi connectivity index (χ1v) is 7.64. The predicted octanol–water partition coefficient (Wildman–Crippen LogP) is 2.70. The fourth-order valence-electron chi connectivity index (χ4n) is 3.15. The predicted molar refractivity (Wildman–Crippen MR) is 84.4 cm³/mol. The number of carboxylic acid groups (broad SMARTS) is 1. The smallest absolute Gasteiger partial charge is 0.309 e. The summed E-state index contributed by atoms with van der Waals surface area (Å²) in [5.74, 6) is -2.45. The van der Waals surface area contributed by atoms with Crippen molar-refractivity contribution in [2.24, 2.45) is 5.92 Å². The lowest BCUT2D eigenvalue weighted by molar-refractivity contribution is -0.142. The Morgan fingerprint density at radius 1 is 1.42 bits per heavy atom. The third-order valence-electron chi connectivity index (χ3n) is 4.35. The molecule has 1 aliphatic heterocycles. The van der Waals surface area contributed by atoms with Crippen molar-refractivity contribution < 1.29 is 19.1 Å². The number of halogens is 1. The average Bonchev–Trinajstić information content (AvgIpc) is 2.88. The van der Waals surface area contributed by atoms with Crippen LogP contribution in [0.25, 0.3) is 0 Å². The van der Waals surface area contributed by atoms with E-state index in [1.807, 2.05) is 6.07 Å². The van der Waals surface area contributed by atoms with Crippen LogP contribution in [-0.4, -0.2) is 26.9 Å². The molecule has 124 valence electrons. The van der Waals surface area contributed by atoms with E-state index in [0.29, 0.717) is 11.1 Å². The summed E-state index contributed by atoms with van der Waals surface area (Å²) in [4.78, 5) is 29.6. The molecular formula is C18H17FN2O3. The number of aliphatic carboxylic acids is 1. The summed E-state index contributed by atoms with van der Waals surface area (Å²) >= 11 is 0. The Hall–Kier alpha value is -2.76. The molecule has 2 heterocycles. The number of carbonyl (C=O) groups is 2. The number of carboxylic acids is 1. The largest absolute Gasteiger partial charge is 0.481 e. The molecule has 6 heteroatoms. The number of aromatic nitrogens is 1.